The van der Waals surface area contributed by atoms with Crippen molar-refractivity contribution in [2.75, 3.05) is 18.8 Å². The smallest absolute Gasteiger partial charge is 0.219 e. The van der Waals surface area contributed by atoms with Gasteiger partial charge >= 0.3 is 0 Å². The molecule has 2 rings (SSSR count). The molecule has 3 heteroatoms. The molecule has 2 N–H and O–H groups in total. The monoisotopic (exact) mass is 232 g/mol. The summed E-state index contributed by atoms with van der Waals surface area (Å²) in [6.07, 6.45) is 2.12. The number of rotatable bonds is 1. The Kier molecular flexibility index (Phi) is 3.36. The van der Waals surface area contributed by atoms with Crippen molar-refractivity contribution in [3.8, 4) is 0 Å². The number of nitrogens with two attached hydrogens (primary N) is 1. The third-order valence-electron chi connectivity index (χ3n) is 3.67. The number of hydrogen-bond donors (Lipinski definition) is 1. The zero-order chi connectivity index (χ0) is 12.4. The van der Waals surface area contributed by atoms with E-state index >= 15 is 0 Å². The molecule has 1 aliphatic heterocycles. The highest BCUT2D eigenvalue weighted by Gasteiger charge is 2.22. The minimum Gasteiger partial charge on any atom is -0.399 e. The molecule has 1 aromatic rings. The van der Waals surface area contributed by atoms with Crippen molar-refractivity contribution >= 4 is 11.6 Å². The molecule has 0 saturated carbocycles. The highest BCUT2D eigenvalue weighted by atomic mass is 16.2. The molecule has 1 saturated heterocycles. The number of aryl methyl sites for hydroxylation is 1. The van der Waals surface area contributed by atoms with Gasteiger partial charge in [-0.2, -0.15) is 0 Å². The second kappa shape index (κ2) is 4.78. The Hall–Kier alpha value is -1.51. The summed E-state index contributed by atoms with van der Waals surface area (Å²) in [5, 5.41) is 0. The quantitative estimate of drug-likeness (QED) is 0.755. The molecule has 0 radical (unpaired) electrons. The van der Waals surface area contributed by atoms with Crippen LogP contribution in [0.1, 0.15) is 36.8 Å². The van der Waals surface area contributed by atoms with Crippen LogP contribution in [0.25, 0.3) is 0 Å². The van der Waals surface area contributed by atoms with Gasteiger partial charge in [-0.25, -0.2) is 0 Å². The molecule has 1 fully saturated rings. The van der Waals surface area contributed by atoms with Crippen molar-refractivity contribution < 1.29 is 4.79 Å². The predicted octanol–water partition coefficient (Wildman–Crippen LogP) is 2.30. The molecule has 0 aromatic heterocycles. The van der Waals surface area contributed by atoms with Gasteiger partial charge < -0.3 is 10.6 Å². The van der Waals surface area contributed by atoms with E-state index in [0.717, 1.165) is 31.6 Å². The molecule has 3 nitrogen and oxygen atoms in total. The summed E-state index contributed by atoms with van der Waals surface area (Å²) in [6, 6.07) is 6.14. The van der Waals surface area contributed by atoms with E-state index < -0.39 is 0 Å². The van der Waals surface area contributed by atoms with Crippen molar-refractivity contribution in [1.82, 2.24) is 4.90 Å². The number of anilines is 1. The summed E-state index contributed by atoms with van der Waals surface area (Å²) in [5.41, 5.74) is 9.25. The summed E-state index contributed by atoms with van der Waals surface area (Å²) in [4.78, 5) is 13.2. The lowest BCUT2D eigenvalue weighted by Crippen LogP contribution is -2.36. The van der Waals surface area contributed by atoms with Crippen molar-refractivity contribution in [1.29, 1.82) is 0 Å². The van der Waals surface area contributed by atoms with Gasteiger partial charge in [0.25, 0.3) is 0 Å². The van der Waals surface area contributed by atoms with Crippen LogP contribution in [0.15, 0.2) is 18.2 Å². The van der Waals surface area contributed by atoms with Crippen LogP contribution < -0.4 is 5.73 Å². The fraction of sp³-hybridized carbons (Fsp3) is 0.500. The Bertz CT molecular complexity index is 420. The van der Waals surface area contributed by atoms with Gasteiger partial charge in [0, 0.05) is 25.7 Å². The van der Waals surface area contributed by atoms with Gasteiger partial charge in [0.2, 0.25) is 5.91 Å². The molecule has 0 spiro atoms. The van der Waals surface area contributed by atoms with Gasteiger partial charge in [-0.3, -0.25) is 4.79 Å². The number of piperidine rings is 1. The molecule has 1 aromatic carbocycles. The number of nitrogen functional groups attached to an aromatic ring is 1. The summed E-state index contributed by atoms with van der Waals surface area (Å²) in [7, 11) is 0. The first kappa shape index (κ1) is 12.0. The van der Waals surface area contributed by atoms with E-state index in [-0.39, 0.29) is 5.91 Å². The van der Waals surface area contributed by atoms with E-state index in [4.69, 9.17) is 5.73 Å². The van der Waals surface area contributed by atoms with Crippen molar-refractivity contribution in [3.05, 3.63) is 29.3 Å². The molecule has 1 aliphatic rings. The molecule has 0 aliphatic carbocycles. The van der Waals surface area contributed by atoms with Crippen LogP contribution in [-0.2, 0) is 4.79 Å². The highest BCUT2D eigenvalue weighted by Crippen LogP contribution is 2.30. The Balaban J connectivity index is 2.08. The van der Waals surface area contributed by atoms with E-state index in [1.807, 2.05) is 17.0 Å². The molecule has 1 heterocycles. The first-order chi connectivity index (χ1) is 8.08. The number of hydrogen-bond acceptors (Lipinski definition) is 2. The van der Waals surface area contributed by atoms with Crippen molar-refractivity contribution in [2.24, 2.45) is 0 Å². The van der Waals surface area contributed by atoms with Crippen LogP contribution in [0.5, 0.6) is 0 Å². The highest BCUT2D eigenvalue weighted by molar-refractivity contribution is 5.73. The van der Waals surface area contributed by atoms with Crippen molar-refractivity contribution in [2.45, 2.75) is 32.6 Å². The van der Waals surface area contributed by atoms with Gasteiger partial charge in [0.15, 0.2) is 0 Å². The molecule has 0 unspecified atom stereocenters. The van der Waals surface area contributed by atoms with E-state index in [2.05, 4.69) is 13.0 Å². The lowest BCUT2D eigenvalue weighted by molar-refractivity contribution is -0.129. The van der Waals surface area contributed by atoms with Gasteiger partial charge in [0.05, 0.1) is 0 Å². The Morgan fingerprint density at radius 1 is 1.35 bits per heavy atom. The standard InChI is InChI=1S/C14H20N2O/c1-10-9-13(15)3-4-14(10)12-5-7-16(8-6-12)11(2)17/h3-4,9,12H,5-8,15H2,1-2H3. The zero-order valence-electron chi connectivity index (χ0n) is 10.6. The van der Waals surface area contributed by atoms with Crippen LogP contribution in [0.2, 0.25) is 0 Å². The van der Waals surface area contributed by atoms with Gasteiger partial charge in [-0.05, 0) is 48.9 Å². The van der Waals surface area contributed by atoms with Gasteiger partial charge in [-0.15, -0.1) is 0 Å². The fourth-order valence-electron chi connectivity index (χ4n) is 2.66. The lowest BCUT2D eigenvalue weighted by atomic mass is 9.86. The molecule has 1 amide bonds. The first-order valence-electron chi connectivity index (χ1n) is 6.19. The van der Waals surface area contributed by atoms with Crippen LogP contribution in [0, 0.1) is 6.92 Å². The molecule has 0 bridgehead atoms. The molecule has 0 atom stereocenters. The van der Waals surface area contributed by atoms with Crippen LogP contribution in [0.3, 0.4) is 0 Å². The Morgan fingerprint density at radius 3 is 2.53 bits per heavy atom. The topological polar surface area (TPSA) is 46.3 Å². The van der Waals surface area contributed by atoms with Gasteiger partial charge in [-0.1, -0.05) is 6.07 Å². The van der Waals surface area contributed by atoms with Gasteiger partial charge in [0.1, 0.15) is 0 Å². The maximum Gasteiger partial charge on any atom is 0.219 e. The second-order valence-electron chi connectivity index (χ2n) is 4.90. The van der Waals surface area contributed by atoms with Crippen LogP contribution in [-0.4, -0.2) is 23.9 Å². The predicted molar refractivity (Wildman–Crippen MR) is 69.8 cm³/mol. The van der Waals surface area contributed by atoms with E-state index in [1.54, 1.807) is 6.92 Å². The zero-order valence-corrected chi connectivity index (χ0v) is 10.6. The maximum absolute atomic E-state index is 11.3. The average Bonchev–Trinajstić information content (AvgIpc) is 2.29. The number of carbonyl (C=O) groups is 1. The average molecular weight is 232 g/mol. The minimum absolute atomic E-state index is 0.192. The van der Waals surface area contributed by atoms with E-state index in [1.165, 1.54) is 11.1 Å². The third kappa shape index (κ3) is 2.60. The number of benzene rings is 1. The molecular formula is C14H20N2O. The summed E-state index contributed by atoms with van der Waals surface area (Å²) < 4.78 is 0. The van der Waals surface area contributed by atoms with Crippen LogP contribution in [0.4, 0.5) is 5.69 Å². The molecule has 17 heavy (non-hydrogen) atoms. The first-order valence-corrected chi connectivity index (χ1v) is 6.19. The largest absolute Gasteiger partial charge is 0.399 e. The number of nitrogens with zero attached hydrogens (tertiary/aromatic N) is 1. The second-order valence-corrected chi connectivity index (χ2v) is 4.90. The van der Waals surface area contributed by atoms with E-state index in [9.17, 15) is 4.79 Å². The summed E-state index contributed by atoms with van der Waals surface area (Å²) in [5.74, 6) is 0.767. The van der Waals surface area contributed by atoms with Crippen molar-refractivity contribution in [3.63, 3.8) is 0 Å². The SMILES string of the molecule is CC(=O)N1CCC(c2ccc(N)cc2C)CC1. The Morgan fingerprint density at radius 2 is 2.00 bits per heavy atom. The number of likely N-dealkylation sites (tertiary alicyclic amines) is 1. The van der Waals surface area contributed by atoms with E-state index in [0.29, 0.717) is 5.92 Å². The summed E-state index contributed by atoms with van der Waals surface area (Å²) in [6.45, 7) is 5.52. The molecular weight excluding hydrogens is 212 g/mol. The Labute approximate surface area is 103 Å². The molecule has 92 valence electrons. The third-order valence-corrected chi connectivity index (χ3v) is 3.67. The normalized spacial score (nSPS) is 17.2. The fourth-order valence-corrected chi connectivity index (χ4v) is 2.66. The maximum atomic E-state index is 11.3. The summed E-state index contributed by atoms with van der Waals surface area (Å²) >= 11 is 0. The number of amides is 1. The lowest BCUT2D eigenvalue weighted by Gasteiger charge is -2.32. The number of carbonyl (C=O) groups excluding carboxylic acids is 1. The minimum atomic E-state index is 0.192. The van der Waals surface area contributed by atoms with Crippen LogP contribution >= 0.6 is 0 Å².